The van der Waals surface area contributed by atoms with Gasteiger partial charge in [-0.15, -0.1) is 0 Å². The topological polar surface area (TPSA) is 0 Å². The van der Waals surface area contributed by atoms with Crippen molar-refractivity contribution in [3.63, 3.8) is 0 Å². The van der Waals surface area contributed by atoms with Crippen LogP contribution in [0.4, 0.5) is 0 Å². The highest BCUT2D eigenvalue weighted by atomic mass is 14.4. The van der Waals surface area contributed by atoms with Crippen LogP contribution >= 0.6 is 0 Å². The highest BCUT2D eigenvalue weighted by Crippen LogP contribution is 2.41. The van der Waals surface area contributed by atoms with Crippen molar-refractivity contribution in [2.24, 2.45) is 29.6 Å². The van der Waals surface area contributed by atoms with Crippen LogP contribution in [-0.2, 0) is 0 Å². The largest absolute Gasteiger partial charge is 0.0885 e. The average molecular weight is 293 g/mol. The molecule has 124 valence electrons. The molecule has 0 aromatic heterocycles. The molecule has 0 radical (unpaired) electrons. The lowest BCUT2D eigenvalue weighted by molar-refractivity contribution is 0.167. The van der Waals surface area contributed by atoms with Crippen molar-refractivity contribution < 1.29 is 0 Å². The van der Waals surface area contributed by atoms with Gasteiger partial charge in [0.2, 0.25) is 0 Å². The van der Waals surface area contributed by atoms with Gasteiger partial charge in [-0.05, 0) is 55.3 Å². The number of allylic oxidation sites excluding steroid dienone is 2. The quantitative estimate of drug-likeness (QED) is 0.352. The summed E-state index contributed by atoms with van der Waals surface area (Å²) >= 11 is 0. The minimum absolute atomic E-state index is 0.859. The minimum atomic E-state index is 0.859. The van der Waals surface area contributed by atoms with Gasteiger partial charge in [-0.1, -0.05) is 78.9 Å². The fourth-order valence-corrected chi connectivity index (χ4v) is 4.14. The zero-order chi connectivity index (χ0) is 15.7. The first-order valence-electron chi connectivity index (χ1n) is 9.80. The molecule has 1 aliphatic carbocycles. The molecule has 0 nitrogen and oxygen atoms in total. The van der Waals surface area contributed by atoms with Gasteiger partial charge in [-0.25, -0.2) is 0 Å². The Morgan fingerprint density at radius 3 is 2.00 bits per heavy atom. The standard InChI is InChI=1S/C21H40/c1-6-9-16-21(20-14-11-15-20)19(8-3)13-10-12-18(7-2)17(4)5/h9,16-21H,6-8,10-15H2,1-5H3. The van der Waals surface area contributed by atoms with Crippen LogP contribution in [0.15, 0.2) is 12.2 Å². The van der Waals surface area contributed by atoms with Crippen LogP contribution in [0.1, 0.15) is 92.4 Å². The van der Waals surface area contributed by atoms with Crippen molar-refractivity contribution in [1.82, 2.24) is 0 Å². The molecule has 0 bridgehead atoms. The van der Waals surface area contributed by atoms with Crippen LogP contribution in [0, 0.1) is 29.6 Å². The molecule has 0 saturated heterocycles. The molecule has 0 aromatic carbocycles. The summed E-state index contributed by atoms with van der Waals surface area (Å²) in [6.07, 6.45) is 17.7. The summed E-state index contributed by atoms with van der Waals surface area (Å²) in [4.78, 5) is 0. The summed E-state index contributed by atoms with van der Waals surface area (Å²) in [6, 6.07) is 0. The number of hydrogen-bond donors (Lipinski definition) is 0. The lowest BCUT2D eigenvalue weighted by atomic mass is 9.68. The molecular formula is C21H40. The third-order valence-electron chi connectivity index (χ3n) is 5.97. The zero-order valence-corrected chi connectivity index (χ0v) is 15.4. The third kappa shape index (κ3) is 6.17. The molecule has 21 heavy (non-hydrogen) atoms. The zero-order valence-electron chi connectivity index (χ0n) is 15.4. The van der Waals surface area contributed by atoms with Crippen LogP contribution in [0.2, 0.25) is 0 Å². The van der Waals surface area contributed by atoms with Gasteiger partial charge >= 0.3 is 0 Å². The summed E-state index contributed by atoms with van der Waals surface area (Å²) < 4.78 is 0. The number of rotatable bonds is 11. The van der Waals surface area contributed by atoms with Crippen molar-refractivity contribution in [2.45, 2.75) is 92.4 Å². The second-order valence-corrected chi connectivity index (χ2v) is 7.62. The minimum Gasteiger partial charge on any atom is -0.0885 e. The second kappa shape index (κ2) is 10.5. The predicted molar refractivity (Wildman–Crippen MR) is 96.5 cm³/mol. The van der Waals surface area contributed by atoms with Crippen LogP contribution in [-0.4, -0.2) is 0 Å². The molecule has 1 rings (SSSR count). The maximum absolute atomic E-state index is 2.58. The lowest BCUT2D eigenvalue weighted by Gasteiger charge is -2.37. The third-order valence-corrected chi connectivity index (χ3v) is 5.97. The monoisotopic (exact) mass is 292 g/mol. The molecule has 1 saturated carbocycles. The predicted octanol–water partition coefficient (Wildman–Crippen LogP) is 7.25. The Balaban J connectivity index is 2.48. The maximum Gasteiger partial charge on any atom is -0.0177 e. The molecule has 0 spiro atoms. The van der Waals surface area contributed by atoms with Crippen molar-refractivity contribution in [2.75, 3.05) is 0 Å². The Hall–Kier alpha value is -0.260. The molecule has 0 heterocycles. The van der Waals surface area contributed by atoms with E-state index in [0.717, 1.165) is 29.6 Å². The summed E-state index contributed by atoms with van der Waals surface area (Å²) in [5.41, 5.74) is 0. The SMILES string of the molecule is CCC=CC(C(CC)CCCC(CC)C(C)C)C1CCC1. The molecule has 3 unspecified atom stereocenters. The van der Waals surface area contributed by atoms with E-state index >= 15 is 0 Å². The molecule has 0 aromatic rings. The molecule has 0 heteroatoms. The Morgan fingerprint density at radius 2 is 1.57 bits per heavy atom. The van der Waals surface area contributed by atoms with Gasteiger partial charge < -0.3 is 0 Å². The van der Waals surface area contributed by atoms with Crippen LogP contribution in [0.25, 0.3) is 0 Å². The van der Waals surface area contributed by atoms with E-state index < -0.39 is 0 Å². The van der Waals surface area contributed by atoms with E-state index in [0.29, 0.717) is 0 Å². The second-order valence-electron chi connectivity index (χ2n) is 7.62. The van der Waals surface area contributed by atoms with Gasteiger partial charge in [0.05, 0.1) is 0 Å². The van der Waals surface area contributed by atoms with Gasteiger partial charge in [0.25, 0.3) is 0 Å². The van der Waals surface area contributed by atoms with E-state index in [1.54, 1.807) is 0 Å². The van der Waals surface area contributed by atoms with Gasteiger partial charge in [-0.3, -0.25) is 0 Å². The van der Waals surface area contributed by atoms with Crippen molar-refractivity contribution in [1.29, 1.82) is 0 Å². The Morgan fingerprint density at radius 1 is 0.952 bits per heavy atom. The Labute approximate surface area is 134 Å². The first-order valence-corrected chi connectivity index (χ1v) is 9.80. The molecule has 0 N–H and O–H groups in total. The highest BCUT2D eigenvalue weighted by Gasteiger charge is 2.30. The van der Waals surface area contributed by atoms with Gasteiger partial charge in [0.15, 0.2) is 0 Å². The van der Waals surface area contributed by atoms with Crippen molar-refractivity contribution in [3.8, 4) is 0 Å². The fourth-order valence-electron chi connectivity index (χ4n) is 4.14. The molecule has 0 aliphatic heterocycles. The molecule has 0 amide bonds. The summed E-state index contributed by atoms with van der Waals surface area (Å²) in [6.45, 7) is 11.8. The fraction of sp³-hybridized carbons (Fsp3) is 0.905. The summed E-state index contributed by atoms with van der Waals surface area (Å²) in [7, 11) is 0. The summed E-state index contributed by atoms with van der Waals surface area (Å²) in [5, 5.41) is 0. The van der Waals surface area contributed by atoms with Crippen molar-refractivity contribution in [3.05, 3.63) is 12.2 Å². The van der Waals surface area contributed by atoms with E-state index in [-0.39, 0.29) is 0 Å². The molecule has 3 atom stereocenters. The average Bonchev–Trinajstić information content (AvgIpc) is 2.41. The number of hydrogen-bond acceptors (Lipinski definition) is 0. The Bertz CT molecular complexity index is 272. The molecule has 1 aliphatic rings. The van der Waals surface area contributed by atoms with E-state index in [9.17, 15) is 0 Å². The normalized spacial score (nSPS) is 20.7. The van der Waals surface area contributed by atoms with Gasteiger partial charge in [-0.2, -0.15) is 0 Å². The maximum atomic E-state index is 2.58. The van der Waals surface area contributed by atoms with E-state index in [2.05, 4.69) is 46.8 Å². The van der Waals surface area contributed by atoms with E-state index in [1.807, 2.05) is 0 Å². The lowest BCUT2D eigenvalue weighted by Crippen LogP contribution is -2.27. The smallest absolute Gasteiger partial charge is 0.0177 e. The first-order chi connectivity index (χ1) is 10.1. The van der Waals surface area contributed by atoms with E-state index in [4.69, 9.17) is 0 Å². The van der Waals surface area contributed by atoms with Crippen LogP contribution in [0.3, 0.4) is 0 Å². The van der Waals surface area contributed by atoms with Crippen molar-refractivity contribution >= 4 is 0 Å². The van der Waals surface area contributed by atoms with Gasteiger partial charge in [0.1, 0.15) is 0 Å². The van der Waals surface area contributed by atoms with Crippen LogP contribution in [0.5, 0.6) is 0 Å². The first kappa shape index (κ1) is 18.8. The van der Waals surface area contributed by atoms with Gasteiger partial charge in [0, 0.05) is 0 Å². The highest BCUT2D eigenvalue weighted by molar-refractivity contribution is 4.96. The van der Waals surface area contributed by atoms with Crippen LogP contribution < -0.4 is 0 Å². The van der Waals surface area contributed by atoms with E-state index in [1.165, 1.54) is 57.8 Å². The molecule has 1 fully saturated rings. The molecular weight excluding hydrogens is 252 g/mol. The summed E-state index contributed by atoms with van der Waals surface area (Å²) in [5.74, 6) is 4.61. The Kier molecular flexibility index (Phi) is 9.36.